The first-order chi connectivity index (χ1) is 15.3. The summed E-state index contributed by atoms with van der Waals surface area (Å²) in [6.45, 7) is 3.32. The quantitative estimate of drug-likeness (QED) is 0.314. The molecule has 9 heteroatoms. The monoisotopic (exact) mass is 451 g/mol. The number of nitrogens with one attached hydrogen (secondary N) is 4. The summed E-state index contributed by atoms with van der Waals surface area (Å²) in [6, 6.07) is -1.24. The van der Waals surface area contributed by atoms with Gasteiger partial charge in [0.2, 0.25) is 23.6 Å². The summed E-state index contributed by atoms with van der Waals surface area (Å²) >= 11 is 0. The Balaban J connectivity index is 1.86. The Morgan fingerprint density at radius 2 is 1.38 bits per heavy atom. The maximum atomic E-state index is 12.8. The highest BCUT2D eigenvalue weighted by molar-refractivity contribution is 5.92. The van der Waals surface area contributed by atoms with Gasteiger partial charge >= 0.3 is 0 Å². The van der Waals surface area contributed by atoms with Gasteiger partial charge in [0.1, 0.15) is 6.04 Å². The SMILES string of the molecule is CC(C)C(N)C(=O)NCC(=O)NC(CC1CCCCC1)C(=O)NCC(=O)NC1CCCC1. The van der Waals surface area contributed by atoms with Crippen LogP contribution in [0.15, 0.2) is 0 Å². The Hall–Kier alpha value is -2.16. The predicted octanol–water partition coefficient (Wildman–Crippen LogP) is 0.716. The highest BCUT2D eigenvalue weighted by atomic mass is 16.2. The first-order valence-corrected chi connectivity index (χ1v) is 12.2. The molecule has 0 aromatic heterocycles. The van der Waals surface area contributed by atoms with E-state index in [1.54, 1.807) is 0 Å². The van der Waals surface area contributed by atoms with E-state index in [4.69, 9.17) is 5.73 Å². The van der Waals surface area contributed by atoms with Gasteiger partial charge in [0, 0.05) is 6.04 Å². The molecule has 2 rings (SSSR count). The Morgan fingerprint density at radius 3 is 2.00 bits per heavy atom. The van der Waals surface area contributed by atoms with Gasteiger partial charge in [0.25, 0.3) is 0 Å². The first kappa shape index (κ1) is 26.1. The van der Waals surface area contributed by atoms with Gasteiger partial charge < -0.3 is 27.0 Å². The number of rotatable bonds is 11. The molecule has 0 aliphatic heterocycles. The molecule has 2 atom stereocenters. The average Bonchev–Trinajstić information content (AvgIpc) is 3.28. The summed E-state index contributed by atoms with van der Waals surface area (Å²) in [4.78, 5) is 49.4. The predicted molar refractivity (Wildman–Crippen MR) is 122 cm³/mol. The van der Waals surface area contributed by atoms with Crippen molar-refractivity contribution in [3.8, 4) is 0 Å². The van der Waals surface area contributed by atoms with Gasteiger partial charge in [-0.1, -0.05) is 58.8 Å². The maximum Gasteiger partial charge on any atom is 0.243 e. The molecule has 9 nitrogen and oxygen atoms in total. The van der Waals surface area contributed by atoms with E-state index in [1.165, 1.54) is 6.42 Å². The largest absolute Gasteiger partial charge is 0.352 e. The molecule has 2 aliphatic rings. The fraction of sp³-hybridized carbons (Fsp3) is 0.826. The summed E-state index contributed by atoms with van der Waals surface area (Å²) in [6.07, 6.45) is 10.2. The van der Waals surface area contributed by atoms with Crippen LogP contribution >= 0.6 is 0 Å². The molecular formula is C23H41N5O4. The van der Waals surface area contributed by atoms with Crippen molar-refractivity contribution in [2.75, 3.05) is 13.1 Å². The van der Waals surface area contributed by atoms with Crippen molar-refractivity contribution in [1.29, 1.82) is 0 Å². The van der Waals surface area contributed by atoms with E-state index in [0.717, 1.165) is 51.4 Å². The van der Waals surface area contributed by atoms with Crippen LogP contribution in [0, 0.1) is 11.8 Å². The summed E-state index contributed by atoms with van der Waals surface area (Å²) in [5.41, 5.74) is 5.80. The van der Waals surface area contributed by atoms with Crippen LogP contribution in [-0.4, -0.2) is 54.8 Å². The number of hydrogen-bond donors (Lipinski definition) is 5. The van der Waals surface area contributed by atoms with Gasteiger partial charge in [-0.25, -0.2) is 0 Å². The second-order valence-electron chi connectivity index (χ2n) is 9.61. The van der Waals surface area contributed by atoms with Crippen LogP contribution in [0.2, 0.25) is 0 Å². The molecule has 0 saturated heterocycles. The molecule has 2 fully saturated rings. The van der Waals surface area contributed by atoms with Crippen LogP contribution < -0.4 is 27.0 Å². The highest BCUT2D eigenvalue weighted by Gasteiger charge is 2.27. The van der Waals surface area contributed by atoms with Crippen LogP contribution in [0.1, 0.15) is 78.1 Å². The van der Waals surface area contributed by atoms with Crippen LogP contribution in [0.5, 0.6) is 0 Å². The molecule has 6 N–H and O–H groups in total. The van der Waals surface area contributed by atoms with E-state index in [0.29, 0.717) is 12.3 Å². The van der Waals surface area contributed by atoms with Crippen molar-refractivity contribution in [3.63, 3.8) is 0 Å². The molecule has 0 aromatic carbocycles. The third-order valence-electron chi connectivity index (χ3n) is 6.53. The number of carbonyl (C=O) groups is 4. The topological polar surface area (TPSA) is 142 Å². The second-order valence-corrected chi connectivity index (χ2v) is 9.61. The smallest absolute Gasteiger partial charge is 0.243 e. The molecule has 2 unspecified atom stereocenters. The molecule has 2 aliphatic carbocycles. The van der Waals surface area contributed by atoms with Crippen molar-refractivity contribution < 1.29 is 19.2 Å². The Bertz CT molecular complexity index is 642. The fourth-order valence-corrected chi connectivity index (χ4v) is 4.46. The summed E-state index contributed by atoms with van der Waals surface area (Å²) < 4.78 is 0. The summed E-state index contributed by atoms with van der Waals surface area (Å²) in [7, 11) is 0. The zero-order valence-electron chi connectivity index (χ0n) is 19.6. The van der Waals surface area contributed by atoms with Crippen molar-refractivity contribution in [1.82, 2.24) is 21.3 Å². The number of amides is 4. The van der Waals surface area contributed by atoms with E-state index in [1.807, 2.05) is 13.8 Å². The zero-order chi connectivity index (χ0) is 23.5. The molecule has 32 heavy (non-hydrogen) atoms. The van der Waals surface area contributed by atoms with E-state index < -0.39 is 23.9 Å². The summed E-state index contributed by atoms with van der Waals surface area (Å²) in [5, 5.41) is 10.9. The number of hydrogen-bond acceptors (Lipinski definition) is 5. The Morgan fingerprint density at radius 1 is 0.812 bits per heavy atom. The lowest BCUT2D eigenvalue weighted by atomic mass is 9.84. The standard InChI is InChI=1S/C23H41N5O4/c1-15(2)21(24)23(32)26-14-20(30)28-18(12-16-8-4-3-5-9-16)22(31)25-13-19(29)27-17-10-6-7-11-17/h15-18,21H,3-14,24H2,1-2H3,(H,25,31)(H,26,32)(H,27,29)(H,28,30). The van der Waals surface area contributed by atoms with Crippen LogP contribution in [0.4, 0.5) is 0 Å². The molecule has 0 heterocycles. The molecule has 182 valence electrons. The van der Waals surface area contributed by atoms with Gasteiger partial charge in [-0.15, -0.1) is 0 Å². The third kappa shape index (κ3) is 9.14. The van der Waals surface area contributed by atoms with Crippen LogP contribution in [0.25, 0.3) is 0 Å². The van der Waals surface area contributed by atoms with Crippen molar-refractivity contribution in [3.05, 3.63) is 0 Å². The van der Waals surface area contributed by atoms with Crippen LogP contribution in [0.3, 0.4) is 0 Å². The lowest BCUT2D eigenvalue weighted by Gasteiger charge is -2.27. The fourth-order valence-electron chi connectivity index (χ4n) is 4.46. The van der Waals surface area contributed by atoms with E-state index in [9.17, 15) is 19.2 Å². The van der Waals surface area contributed by atoms with Crippen molar-refractivity contribution in [2.45, 2.75) is 96.2 Å². The molecule has 0 radical (unpaired) electrons. The molecule has 2 saturated carbocycles. The minimum Gasteiger partial charge on any atom is -0.352 e. The molecular weight excluding hydrogens is 410 g/mol. The summed E-state index contributed by atoms with van der Waals surface area (Å²) in [5.74, 6) is -1.10. The lowest BCUT2D eigenvalue weighted by Crippen LogP contribution is -2.53. The molecule has 0 aromatic rings. The number of nitrogens with two attached hydrogens (primary N) is 1. The molecule has 0 bridgehead atoms. The third-order valence-corrected chi connectivity index (χ3v) is 6.53. The second kappa shape index (κ2) is 13.4. The zero-order valence-corrected chi connectivity index (χ0v) is 19.6. The minimum absolute atomic E-state index is 0.0433. The van der Waals surface area contributed by atoms with Gasteiger partial charge in [-0.2, -0.15) is 0 Å². The normalized spacial score (nSPS) is 19.2. The Kier molecular flexibility index (Phi) is 10.9. The molecule has 0 spiro atoms. The average molecular weight is 452 g/mol. The van der Waals surface area contributed by atoms with Gasteiger partial charge in [0.05, 0.1) is 19.1 Å². The number of carbonyl (C=O) groups excluding carboxylic acids is 4. The minimum atomic E-state index is -0.736. The Labute approximate surface area is 191 Å². The first-order valence-electron chi connectivity index (χ1n) is 12.2. The van der Waals surface area contributed by atoms with Crippen molar-refractivity contribution >= 4 is 23.6 Å². The lowest BCUT2D eigenvalue weighted by molar-refractivity contribution is -0.131. The highest BCUT2D eigenvalue weighted by Crippen LogP contribution is 2.27. The van der Waals surface area contributed by atoms with Crippen molar-refractivity contribution in [2.24, 2.45) is 17.6 Å². The van der Waals surface area contributed by atoms with Gasteiger partial charge in [0.15, 0.2) is 0 Å². The van der Waals surface area contributed by atoms with Crippen LogP contribution in [-0.2, 0) is 19.2 Å². The van der Waals surface area contributed by atoms with E-state index in [-0.39, 0.29) is 36.9 Å². The maximum absolute atomic E-state index is 12.8. The van der Waals surface area contributed by atoms with E-state index >= 15 is 0 Å². The molecule has 4 amide bonds. The van der Waals surface area contributed by atoms with E-state index in [2.05, 4.69) is 21.3 Å². The van der Waals surface area contributed by atoms with Gasteiger partial charge in [-0.3, -0.25) is 19.2 Å². The van der Waals surface area contributed by atoms with Gasteiger partial charge in [-0.05, 0) is 31.1 Å².